The SMILES string of the molecule is C=CC(=O)Nc1ccc(-c2cccc(C(C)C(=O)Cc3ncc(CC)s3)c2)cn1. The molecular weight excluding hydrogens is 382 g/mol. The summed E-state index contributed by atoms with van der Waals surface area (Å²) in [6, 6.07) is 11.5. The average molecular weight is 406 g/mol. The molecule has 3 rings (SSSR count). The lowest BCUT2D eigenvalue weighted by Gasteiger charge is -2.12. The van der Waals surface area contributed by atoms with E-state index < -0.39 is 0 Å². The van der Waals surface area contributed by atoms with Crippen molar-refractivity contribution in [2.45, 2.75) is 32.6 Å². The first kappa shape index (κ1) is 20.6. The van der Waals surface area contributed by atoms with E-state index in [0.717, 1.165) is 28.1 Å². The van der Waals surface area contributed by atoms with E-state index in [4.69, 9.17) is 0 Å². The summed E-state index contributed by atoms with van der Waals surface area (Å²) in [5.74, 6) is 0.0990. The van der Waals surface area contributed by atoms with Crippen molar-refractivity contribution in [1.29, 1.82) is 0 Å². The fraction of sp³-hybridized carbons (Fsp3) is 0.217. The Morgan fingerprint density at radius 2 is 2.00 bits per heavy atom. The predicted molar refractivity (Wildman–Crippen MR) is 117 cm³/mol. The van der Waals surface area contributed by atoms with Gasteiger partial charge in [-0.2, -0.15) is 0 Å². The molecule has 1 atom stereocenters. The van der Waals surface area contributed by atoms with Gasteiger partial charge in [-0.1, -0.05) is 44.7 Å². The summed E-state index contributed by atoms with van der Waals surface area (Å²) in [5, 5.41) is 3.50. The second-order valence-electron chi connectivity index (χ2n) is 6.69. The van der Waals surface area contributed by atoms with E-state index in [0.29, 0.717) is 12.2 Å². The number of amides is 1. The van der Waals surface area contributed by atoms with Crippen molar-refractivity contribution in [2.24, 2.45) is 0 Å². The van der Waals surface area contributed by atoms with Crippen LogP contribution in [0.2, 0.25) is 0 Å². The standard InChI is InChI=1S/C23H23N3O2S/c1-4-19-14-25-23(29-19)12-20(27)15(3)16-7-6-8-17(11-16)18-9-10-21(24-13-18)26-22(28)5-2/h5-11,13-15H,2,4,12H2,1,3H3,(H,24,26,28). The molecule has 6 heteroatoms. The van der Waals surface area contributed by atoms with Gasteiger partial charge in [0.25, 0.3) is 0 Å². The second kappa shape index (κ2) is 9.39. The number of pyridine rings is 1. The number of thiazole rings is 1. The Morgan fingerprint density at radius 1 is 1.17 bits per heavy atom. The first-order valence-corrected chi connectivity index (χ1v) is 10.3. The Labute approximate surface area is 174 Å². The number of aromatic nitrogens is 2. The van der Waals surface area contributed by atoms with Crippen molar-refractivity contribution in [1.82, 2.24) is 9.97 Å². The topological polar surface area (TPSA) is 72.0 Å². The number of ketones is 1. The molecule has 1 aromatic carbocycles. The normalized spacial score (nSPS) is 11.7. The Kier molecular flexibility index (Phi) is 6.67. The molecular formula is C23H23N3O2S. The molecule has 148 valence electrons. The van der Waals surface area contributed by atoms with Gasteiger partial charge in [0.2, 0.25) is 5.91 Å². The molecule has 2 heterocycles. The van der Waals surface area contributed by atoms with Gasteiger partial charge in [-0.25, -0.2) is 9.97 Å². The van der Waals surface area contributed by atoms with Crippen LogP contribution in [-0.4, -0.2) is 21.7 Å². The number of rotatable bonds is 8. The smallest absolute Gasteiger partial charge is 0.248 e. The average Bonchev–Trinajstić information content (AvgIpc) is 3.21. The molecule has 0 saturated heterocycles. The molecule has 1 unspecified atom stereocenters. The molecule has 2 aromatic heterocycles. The van der Waals surface area contributed by atoms with E-state index in [1.165, 1.54) is 11.0 Å². The zero-order valence-electron chi connectivity index (χ0n) is 16.5. The second-order valence-corrected chi connectivity index (χ2v) is 7.89. The minimum absolute atomic E-state index is 0.153. The van der Waals surface area contributed by atoms with Crippen molar-refractivity contribution in [3.8, 4) is 11.1 Å². The third-order valence-electron chi connectivity index (χ3n) is 4.68. The highest BCUT2D eigenvalue weighted by atomic mass is 32.1. The summed E-state index contributed by atoms with van der Waals surface area (Å²) in [6.45, 7) is 7.44. The number of hydrogen-bond donors (Lipinski definition) is 1. The van der Waals surface area contributed by atoms with E-state index in [1.54, 1.807) is 23.6 Å². The maximum Gasteiger partial charge on any atom is 0.248 e. The minimum atomic E-state index is -0.300. The summed E-state index contributed by atoms with van der Waals surface area (Å²) in [4.78, 5) is 33.9. The summed E-state index contributed by atoms with van der Waals surface area (Å²) in [5.41, 5.74) is 2.85. The van der Waals surface area contributed by atoms with E-state index in [-0.39, 0.29) is 17.6 Å². The minimum Gasteiger partial charge on any atom is -0.307 e. The number of aryl methyl sites for hydroxylation is 1. The number of carbonyl (C=O) groups is 2. The van der Waals surface area contributed by atoms with Crippen LogP contribution in [0.3, 0.4) is 0 Å². The Bertz CT molecular complexity index is 1020. The molecule has 0 aliphatic rings. The van der Waals surface area contributed by atoms with Crippen molar-refractivity contribution < 1.29 is 9.59 Å². The summed E-state index contributed by atoms with van der Waals surface area (Å²) >= 11 is 1.60. The third-order valence-corrected chi connectivity index (χ3v) is 5.82. The molecule has 29 heavy (non-hydrogen) atoms. The number of anilines is 1. The van der Waals surface area contributed by atoms with Gasteiger partial charge in [-0.3, -0.25) is 9.59 Å². The van der Waals surface area contributed by atoms with E-state index in [9.17, 15) is 9.59 Å². The highest BCUT2D eigenvalue weighted by molar-refractivity contribution is 7.11. The van der Waals surface area contributed by atoms with Gasteiger partial charge in [0.05, 0.1) is 6.42 Å². The van der Waals surface area contributed by atoms with Gasteiger partial charge in [0, 0.05) is 28.8 Å². The van der Waals surface area contributed by atoms with Crippen LogP contribution >= 0.6 is 11.3 Å². The summed E-state index contributed by atoms with van der Waals surface area (Å²) in [7, 11) is 0. The van der Waals surface area contributed by atoms with E-state index >= 15 is 0 Å². The zero-order chi connectivity index (χ0) is 20.8. The Hall–Kier alpha value is -3.12. The molecule has 0 aliphatic carbocycles. The number of hydrogen-bond acceptors (Lipinski definition) is 5. The first-order chi connectivity index (χ1) is 14.0. The van der Waals surface area contributed by atoms with Crippen LogP contribution in [0.5, 0.6) is 0 Å². The maximum absolute atomic E-state index is 12.7. The molecule has 3 aromatic rings. The van der Waals surface area contributed by atoms with Gasteiger partial charge < -0.3 is 5.32 Å². The monoisotopic (exact) mass is 405 g/mol. The van der Waals surface area contributed by atoms with Crippen molar-refractivity contribution in [3.63, 3.8) is 0 Å². The van der Waals surface area contributed by atoms with Gasteiger partial charge in [-0.05, 0) is 35.8 Å². The molecule has 0 bridgehead atoms. The number of Topliss-reactive ketones (excluding diaryl/α,β-unsaturated/α-hetero) is 1. The Balaban J connectivity index is 1.73. The summed E-state index contributed by atoms with van der Waals surface area (Å²) in [6.07, 6.45) is 6.05. The Morgan fingerprint density at radius 3 is 2.66 bits per heavy atom. The van der Waals surface area contributed by atoms with Crippen molar-refractivity contribution in [3.05, 3.63) is 76.9 Å². The van der Waals surface area contributed by atoms with Crippen molar-refractivity contribution >= 4 is 28.8 Å². The fourth-order valence-electron chi connectivity index (χ4n) is 2.88. The zero-order valence-corrected chi connectivity index (χ0v) is 17.3. The number of nitrogens with one attached hydrogen (secondary N) is 1. The van der Waals surface area contributed by atoms with Crippen LogP contribution in [0.4, 0.5) is 5.82 Å². The third kappa shape index (κ3) is 5.23. The van der Waals surface area contributed by atoms with Crippen LogP contribution in [0.15, 0.2) is 61.4 Å². The maximum atomic E-state index is 12.7. The van der Waals surface area contributed by atoms with Crippen molar-refractivity contribution in [2.75, 3.05) is 5.32 Å². The lowest BCUT2D eigenvalue weighted by atomic mass is 9.92. The molecule has 0 spiro atoms. The van der Waals surface area contributed by atoms with Gasteiger partial charge in [0.1, 0.15) is 16.6 Å². The van der Waals surface area contributed by atoms with Crippen LogP contribution in [0.1, 0.15) is 35.2 Å². The van der Waals surface area contributed by atoms with Gasteiger partial charge >= 0.3 is 0 Å². The lowest BCUT2D eigenvalue weighted by molar-refractivity contribution is -0.119. The molecule has 1 amide bonds. The van der Waals surface area contributed by atoms with E-state index in [2.05, 4.69) is 28.8 Å². The molecule has 0 aliphatic heterocycles. The molecule has 0 radical (unpaired) electrons. The molecule has 0 saturated carbocycles. The van der Waals surface area contributed by atoms with Gasteiger partial charge in [0.15, 0.2) is 0 Å². The van der Waals surface area contributed by atoms with Gasteiger partial charge in [-0.15, -0.1) is 11.3 Å². The van der Waals surface area contributed by atoms with Crippen LogP contribution < -0.4 is 5.32 Å². The lowest BCUT2D eigenvalue weighted by Crippen LogP contribution is -2.12. The fourth-order valence-corrected chi connectivity index (χ4v) is 3.76. The summed E-state index contributed by atoms with van der Waals surface area (Å²) < 4.78 is 0. The molecule has 0 fully saturated rings. The van der Waals surface area contributed by atoms with Crippen LogP contribution in [-0.2, 0) is 22.4 Å². The number of benzene rings is 1. The molecule has 5 nitrogen and oxygen atoms in total. The number of nitrogens with zero attached hydrogens (tertiary/aromatic N) is 2. The van der Waals surface area contributed by atoms with Crippen LogP contribution in [0.25, 0.3) is 11.1 Å². The first-order valence-electron chi connectivity index (χ1n) is 9.46. The van der Waals surface area contributed by atoms with E-state index in [1.807, 2.05) is 43.5 Å². The highest BCUT2D eigenvalue weighted by Gasteiger charge is 2.18. The predicted octanol–water partition coefficient (Wildman–Crippen LogP) is 4.81. The number of carbonyl (C=O) groups excluding carboxylic acids is 2. The largest absolute Gasteiger partial charge is 0.307 e. The quantitative estimate of drug-likeness (QED) is 0.546. The highest BCUT2D eigenvalue weighted by Crippen LogP contribution is 2.26. The van der Waals surface area contributed by atoms with Crippen LogP contribution in [0, 0.1) is 0 Å². The molecule has 1 N–H and O–H groups in total.